The highest BCUT2D eigenvalue weighted by atomic mass is 32.2. The number of aromatic nitrogens is 1. The van der Waals surface area contributed by atoms with E-state index in [1.807, 2.05) is 42.5 Å². The summed E-state index contributed by atoms with van der Waals surface area (Å²) in [5, 5.41) is 0. The maximum absolute atomic E-state index is 12.2. The van der Waals surface area contributed by atoms with Gasteiger partial charge in [-0.3, -0.25) is 9.78 Å². The van der Waals surface area contributed by atoms with Gasteiger partial charge in [-0.15, -0.1) is 0 Å². The van der Waals surface area contributed by atoms with Crippen LogP contribution in [0.3, 0.4) is 0 Å². The van der Waals surface area contributed by atoms with Gasteiger partial charge < -0.3 is 9.47 Å². The van der Waals surface area contributed by atoms with Crippen LogP contribution in [0.5, 0.6) is 5.75 Å². The summed E-state index contributed by atoms with van der Waals surface area (Å²) < 4.78 is 35.5. The van der Waals surface area contributed by atoms with Crippen LogP contribution in [0.15, 0.2) is 48.7 Å². The zero-order valence-electron chi connectivity index (χ0n) is 15.8. The third-order valence-electron chi connectivity index (χ3n) is 4.67. The van der Waals surface area contributed by atoms with Gasteiger partial charge in [0.05, 0.1) is 17.9 Å². The molecule has 1 fully saturated rings. The van der Waals surface area contributed by atoms with E-state index in [2.05, 4.69) is 4.98 Å². The molecule has 0 bridgehead atoms. The molecule has 7 nitrogen and oxygen atoms in total. The van der Waals surface area contributed by atoms with Crippen LogP contribution in [0.4, 0.5) is 0 Å². The zero-order chi connectivity index (χ0) is 20.0. The number of nitrogens with zero attached hydrogens (tertiary/aromatic N) is 2. The Bertz CT molecular complexity index is 877. The Kier molecular flexibility index (Phi) is 6.64. The smallest absolute Gasteiger partial charge is 0.309 e. The van der Waals surface area contributed by atoms with Gasteiger partial charge in [-0.1, -0.05) is 18.2 Å². The molecule has 1 aromatic carbocycles. The number of carbonyl (C=O) groups excluding carboxylic acids is 1. The van der Waals surface area contributed by atoms with E-state index >= 15 is 0 Å². The van der Waals surface area contributed by atoms with Crippen molar-refractivity contribution in [3.05, 3.63) is 59.9 Å². The number of hydrogen-bond donors (Lipinski definition) is 0. The Balaban J connectivity index is 1.43. The maximum atomic E-state index is 12.2. The lowest BCUT2D eigenvalue weighted by Gasteiger charge is -2.28. The molecular formula is C20H24N2O5S. The number of piperidine rings is 1. The molecule has 0 amide bonds. The molecule has 0 aliphatic carbocycles. The van der Waals surface area contributed by atoms with Crippen molar-refractivity contribution in [3.63, 3.8) is 0 Å². The fourth-order valence-corrected chi connectivity index (χ4v) is 3.89. The second kappa shape index (κ2) is 9.16. The first-order valence-corrected chi connectivity index (χ1v) is 11.0. The molecular weight excluding hydrogens is 380 g/mol. The van der Waals surface area contributed by atoms with Crippen molar-refractivity contribution in [2.75, 3.05) is 19.3 Å². The molecule has 0 N–H and O–H groups in total. The molecule has 28 heavy (non-hydrogen) atoms. The highest BCUT2D eigenvalue weighted by Gasteiger charge is 2.29. The number of rotatable bonds is 7. The Morgan fingerprint density at radius 1 is 1.11 bits per heavy atom. The molecule has 0 unspecified atom stereocenters. The highest BCUT2D eigenvalue weighted by molar-refractivity contribution is 7.88. The van der Waals surface area contributed by atoms with E-state index in [-0.39, 0.29) is 18.5 Å². The van der Waals surface area contributed by atoms with Crippen molar-refractivity contribution in [3.8, 4) is 5.75 Å². The van der Waals surface area contributed by atoms with Crippen molar-refractivity contribution < 1.29 is 22.7 Å². The van der Waals surface area contributed by atoms with Crippen LogP contribution in [0.25, 0.3) is 0 Å². The zero-order valence-corrected chi connectivity index (χ0v) is 16.6. The largest absolute Gasteiger partial charge is 0.487 e. The minimum atomic E-state index is -3.19. The summed E-state index contributed by atoms with van der Waals surface area (Å²) >= 11 is 0. The minimum Gasteiger partial charge on any atom is -0.487 e. The Morgan fingerprint density at radius 2 is 1.82 bits per heavy atom. The van der Waals surface area contributed by atoms with Gasteiger partial charge >= 0.3 is 5.97 Å². The molecule has 2 aromatic rings. The second-order valence-electron chi connectivity index (χ2n) is 6.80. The molecule has 2 heterocycles. The topological polar surface area (TPSA) is 85.8 Å². The lowest BCUT2D eigenvalue weighted by molar-refractivity contribution is -0.151. The standard InChI is InChI=1S/C20H24N2O5S/c1-28(24,25)22-12-9-17(10-13-22)20(23)27-14-16-5-7-19(8-6-16)26-15-18-4-2-3-11-21-18/h2-8,11,17H,9-10,12-15H2,1H3. The van der Waals surface area contributed by atoms with Gasteiger partial charge in [0, 0.05) is 19.3 Å². The molecule has 0 spiro atoms. The predicted octanol–water partition coefficient (Wildman–Crippen LogP) is 2.38. The Hall–Kier alpha value is -2.45. The normalized spacial score (nSPS) is 15.9. The van der Waals surface area contributed by atoms with Crippen LogP contribution in [-0.2, 0) is 32.8 Å². The van der Waals surface area contributed by atoms with Crippen molar-refractivity contribution in [1.29, 1.82) is 0 Å². The Labute approximate surface area is 165 Å². The predicted molar refractivity (Wildman–Crippen MR) is 104 cm³/mol. The van der Waals surface area contributed by atoms with Gasteiger partial charge in [0.15, 0.2) is 0 Å². The van der Waals surface area contributed by atoms with E-state index in [4.69, 9.17) is 9.47 Å². The summed E-state index contributed by atoms with van der Waals surface area (Å²) in [4.78, 5) is 16.4. The third kappa shape index (κ3) is 5.77. The van der Waals surface area contributed by atoms with Gasteiger partial charge in [-0.2, -0.15) is 0 Å². The monoisotopic (exact) mass is 404 g/mol. The third-order valence-corrected chi connectivity index (χ3v) is 5.98. The number of benzene rings is 1. The lowest BCUT2D eigenvalue weighted by atomic mass is 9.98. The molecule has 0 atom stereocenters. The van der Waals surface area contributed by atoms with Crippen LogP contribution in [0.1, 0.15) is 24.1 Å². The first-order chi connectivity index (χ1) is 13.4. The van der Waals surface area contributed by atoms with Gasteiger partial charge in [0.25, 0.3) is 0 Å². The fourth-order valence-electron chi connectivity index (χ4n) is 3.02. The van der Waals surface area contributed by atoms with E-state index < -0.39 is 10.0 Å². The SMILES string of the molecule is CS(=O)(=O)N1CCC(C(=O)OCc2ccc(OCc3ccccn3)cc2)CC1. The summed E-state index contributed by atoms with van der Waals surface area (Å²) in [6, 6.07) is 13.0. The van der Waals surface area contributed by atoms with Gasteiger partial charge in [0.1, 0.15) is 19.0 Å². The molecule has 1 aromatic heterocycles. The van der Waals surface area contributed by atoms with Crippen LogP contribution >= 0.6 is 0 Å². The number of carbonyl (C=O) groups is 1. The number of esters is 1. The molecule has 1 aliphatic heterocycles. The summed E-state index contributed by atoms with van der Waals surface area (Å²) in [6.07, 6.45) is 3.90. The van der Waals surface area contributed by atoms with Crippen LogP contribution < -0.4 is 4.74 Å². The van der Waals surface area contributed by atoms with Gasteiger partial charge in [0.2, 0.25) is 10.0 Å². The first kappa shape index (κ1) is 20.3. The molecule has 0 saturated carbocycles. The molecule has 1 aliphatic rings. The summed E-state index contributed by atoms with van der Waals surface area (Å²) in [7, 11) is -3.19. The van der Waals surface area contributed by atoms with E-state index in [1.165, 1.54) is 10.6 Å². The molecule has 3 rings (SSSR count). The van der Waals surface area contributed by atoms with Gasteiger partial charge in [-0.25, -0.2) is 12.7 Å². The number of pyridine rings is 1. The van der Waals surface area contributed by atoms with E-state index in [0.29, 0.717) is 38.3 Å². The highest BCUT2D eigenvalue weighted by Crippen LogP contribution is 2.21. The quantitative estimate of drug-likeness (QED) is 0.659. The Morgan fingerprint density at radius 3 is 2.43 bits per heavy atom. The van der Waals surface area contributed by atoms with Crippen LogP contribution in [0.2, 0.25) is 0 Å². The van der Waals surface area contributed by atoms with Crippen molar-refractivity contribution >= 4 is 16.0 Å². The minimum absolute atomic E-state index is 0.186. The van der Waals surface area contributed by atoms with Crippen LogP contribution in [0, 0.1) is 5.92 Å². The van der Waals surface area contributed by atoms with E-state index in [1.54, 1.807) is 6.20 Å². The van der Waals surface area contributed by atoms with Crippen LogP contribution in [-0.4, -0.2) is 43.0 Å². The molecule has 1 saturated heterocycles. The summed E-state index contributed by atoms with van der Waals surface area (Å²) in [5.41, 5.74) is 1.72. The second-order valence-corrected chi connectivity index (χ2v) is 8.78. The average molecular weight is 404 g/mol. The molecule has 150 valence electrons. The number of hydrogen-bond acceptors (Lipinski definition) is 6. The van der Waals surface area contributed by atoms with Crippen molar-refractivity contribution in [1.82, 2.24) is 9.29 Å². The first-order valence-electron chi connectivity index (χ1n) is 9.15. The van der Waals surface area contributed by atoms with Crippen molar-refractivity contribution in [2.24, 2.45) is 5.92 Å². The number of ether oxygens (including phenoxy) is 2. The molecule has 8 heteroatoms. The number of sulfonamides is 1. The van der Waals surface area contributed by atoms with Crippen molar-refractivity contribution in [2.45, 2.75) is 26.1 Å². The van der Waals surface area contributed by atoms with E-state index in [0.717, 1.165) is 11.3 Å². The summed E-state index contributed by atoms with van der Waals surface area (Å²) in [5.74, 6) is 0.191. The average Bonchev–Trinajstić information content (AvgIpc) is 2.71. The van der Waals surface area contributed by atoms with Gasteiger partial charge in [-0.05, 0) is 42.7 Å². The summed E-state index contributed by atoms with van der Waals surface area (Å²) in [6.45, 7) is 1.30. The maximum Gasteiger partial charge on any atom is 0.309 e. The molecule has 0 radical (unpaired) electrons. The van der Waals surface area contributed by atoms with E-state index in [9.17, 15) is 13.2 Å². The fraction of sp³-hybridized carbons (Fsp3) is 0.400. The lowest BCUT2D eigenvalue weighted by Crippen LogP contribution is -2.40.